The van der Waals surface area contributed by atoms with Gasteiger partial charge in [0.1, 0.15) is 5.75 Å². The number of nitrogens with zero attached hydrogens (tertiary/aromatic N) is 1. The average molecular weight is 293 g/mol. The van der Waals surface area contributed by atoms with Crippen molar-refractivity contribution in [3.8, 4) is 5.75 Å². The van der Waals surface area contributed by atoms with Crippen molar-refractivity contribution < 1.29 is 19.5 Å². The lowest BCUT2D eigenvalue weighted by molar-refractivity contribution is -0.00267. The maximum atomic E-state index is 9.29. The maximum absolute atomic E-state index is 9.29. The molecule has 0 aromatic heterocycles. The molecule has 5 nitrogen and oxygen atoms in total. The van der Waals surface area contributed by atoms with Crippen LogP contribution in [0.25, 0.3) is 0 Å². The van der Waals surface area contributed by atoms with E-state index in [4.69, 9.17) is 9.47 Å². The Hall–Kier alpha value is -1.08. The molecule has 0 bridgehead atoms. The second-order valence-electron chi connectivity index (χ2n) is 5.63. The highest BCUT2D eigenvalue weighted by molar-refractivity contribution is 6.58. The molecule has 1 aromatic rings. The lowest BCUT2D eigenvalue weighted by Gasteiger charge is -2.27. The molecule has 0 aliphatic carbocycles. The molecule has 0 saturated carbocycles. The summed E-state index contributed by atoms with van der Waals surface area (Å²) in [6, 6.07) is 5.22. The van der Waals surface area contributed by atoms with E-state index in [1.807, 2.05) is 7.05 Å². The fraction of sp³-hybridized carbons (Fsp3) is 0.600. The summed E-state index contributed by atoms with van der Waals surface area (Å²) in [6.07, 6.45) is 3.79. The molecule has 1 unspecified atom stereocenters. The summed E-state index contributed by atoms with van der Waals surface area (Å²) in [5.74, 6) is 0.760. The third-order valence-corrected chi connectivity index (χ3v) is 3.83. The smallest absolute Gasteiger partial charge is 0.488 e. The zero-order valence-corrected chi connectivity index (χ0v) is 12.8. The Kier molecular flexibility index (Phi) is 6.05. The van der Waals surface area contributed by atoms with E-state index in [0.717, 1.165) is 37.3 Å². The van der Waals surface area contributed by atoms with Crippen LogP contribution in [0, 0.1) is 0 Å². The molecule has 2 rings (SSSR count). The van der Waals surface area contributed by atoms with Gasteiger partial charge in [-0.3, -0.25) is 4.90 Å². The molecule has 116 valence electrons. The largest absolute Gasteiger partial charge is 0.496 e. The zero-order chi connectivity index (χ0) is 15.2. The first-order chi connectivity index (χ1) is 10.1. The average Bonchev–Trinajstić information content (AvgIpc) is 2.48. The van der Waals surface area contributed by atoms with Gasteiger partial charge in [-0.2, -0.15) is 0 Å². The van der Waals surface area contributed by atoms with Gasteiger partial charge in [-0.25, -0.2) is 0 Å². The highest BCUT2D eigenvalue weighted by Crippen LogP contribution is 2.19. The molecule has 1 atom stereocenters. The topological polar surface area (TPSA) is 62.2 Å². The van der Waals surface area contributed by atoms with Crippen molar-refractivity contribution in [1.29, 1.82) is 0 Å². The fourth-order valence-corrected chi connectivity index (χ4v) is 2.74. The molecule has 2 N–H and O–H groups in total. The lowest BCUT2D eigenvalue weighted by Crippen LogP contribution is -2.34. The van der Waals surface area contributed by atoms with Gasteiger partial charge < -0.3 is 19.5 Å². The van der Waals surface area contributed by atoms with Gasteiger partial charge in [0.05, 0.1) is 13.2 Å². The van der Waals surface area contributed by atoms with E-state index in [-0.39, 0.29) is 0 Å². The number of likely N-dealkylation sites (N-methyl/N-ethyl adjacent to an activating group) is 1. The van der Waals surface area contributed by atoms with E-state index in [1.54, 1.807) is 25.3 Å². The molecule has 1 saturated heterocycles. The number of rotatable bonds is 6. The van der Waals surface area contributed by atoms with E-state index in [2.05, 4.69) is 4.90 Å². The van der Waals surface area contributed by atoms with Gasteiger partial charge in [-0.1, -0.05) is 12.1 Å². The second kappa shape index (κ2) is 7.80. The van der Waals surface area contributed by atoms with Crippen molar-refractivity contribution in [2.75, 3.05) is 27.3 Å². The number of hydrogen-bond acceptors (Lipinski definition) is 5. The van der Waals surface area contributed by atoms with E-state index in [0.29, 0.717) is 18.1 Å². The van der Waals surface area contributed by atoms with Crippen LogP contribution in [-0.4, -0.2) is 55.5 Å². The Bertz CT molecular complexity index is 449. The summed E-state index contributed by atoms with van der Waals surface area (Å²) >= 11 is 0. The molecule has 1 fully saturated rings. The van der Waals surface area contributed by atoms with Crippen LogP contribution in [0.4, 0.5) is 0 Å². The Morgan fingerprint density at radius 3 is 2.81 bits per heavy atom. The van der Waals surface area contributed by atoms with Crippen LogP contribution in [0.1, 0.15) is 24.8 Å². The maximum Gasteiger partial charge on any atom is 0.488 e. The van der Waals surface area contributed by atoms with E-state index >= 15 is 0 Å². The number of methoxy groups -OCH3 is 1. The monoisotopic (exact) mass is 293 g/mol. The normalized spacial score (nSPS) is 18.8. The summed E-state index contributed by atoms with van der Waals surface area (Å²) in [4.78, 5) is 2.18. The summed E-state index contributed by atoms with van der Waals surface area (Å²) < 4.78 is 11.1. The molecule has 1 aliphatic rings. The predicted molar refractivity (Wildman–Crippen MR) is 82.7 cm³/mol. The Labute approximate surface area is 126 Å². The van der Waals surface area contributed by atoms with Gasteiger partial charge in [-0.15, -0.1) is 0 Å². The molecule has 21 heavy (non-hydrogen) atoms. The number of benzene rings is 1. The predicted octanol–water partition coefficient (Wildman–Crippen LogP) is 0.376. The summed E-state index contributed by atoms with van der Waals surface area (Å²) in [6.45, 7) is 2.41. The SMILES string of the molecule is COc1ccc(B(O)O)cc1CN(C)CC1CCCCO1. The van der Waals surface area contributed by atoms with Crippen molar-refractivity contribution in [2.45, 2.75) is 31.9 Å². The van der Waals surface area contributed by atoms with Gasteiger partial charge in [0.2, 0.25) is 0 Å². The Balaban J connectivity index is 2.00. The fourth-order valence-electron chi connectivity index (χ4n) is 2.74. The number of ether oxygens (including phenoxy) is 2. The first-order valence-electron chi connectivity index (χ1n) is 7.43. The molecule has 0 amide bonds. The Morgan fingerprint density at radius 1 is 1.38 bits per heavy atom. The Morgan fingerprint density at radius 2 is 2.19 bits per heavy atom. The second-order valence-corrected chi connectivity index (χ2v) is 5.63. The van der Waals surface area contributed by atoms with Crippen molar-refractivity contribution in [1.82, 2.24) is 4.90 Å². The standard InChI is InChI=1S/C15H24BNO4/c1-17(11-14-5-3-4-8-21-14)10-12-9-13(16(18)19)6-7-15(12)20-2/h6-7,9,14,18-19H,3-5,8,10-11H2,1-2H3. The van der Waals surface area contributed by atoms with E-state index in [1.165, 1.54) is 6.42 Å². The quantitative estimate of drug-likeness (QED) is 0.742. The minimum absolute atomic E-state index is 0.293. The minimum Gasteiger partial charge on any atom is -0.496 e. The van der Waals surface area contributed by atoms with E-state index in [9.17, 15) is 10.0 Å². The first kappa shape index (κ1) is 16.3. The summed E-state index contributed by atoms with van der Waals surface area (Å²) in [5.41, 5.74) is 1.43. The summed E-state index contributed by atoms with van der Waals surface area (Å²) in [7, 11) is 2.21. The molecule has 0 radical (unpaired) electrons. The zero-order valence-electron chi connectivity index (χ0n) is 12.8. The summed E-state index contributed by atoms with van der Waals surface area (Å²) in [5, 5.41) is 18.6. The van der Waals surface area contributed by atoms with E-state index < -0.39 is 7.12 Å². The van der Waals surface area contributed by atoms with Gasteiger partial charge in [-0.05, 0) is 37.8 Å². The van der Waals surface area contributed by atoms with Crippen LogP contribution in [0.15, 0.2) is 18.2 Å². The van der Waals surface area contributed by atoms with Crippen molar-refractivity contribution >= 4 is 12.6 Å². The van der Waals surface area contributed by atoms with Crippen LogP contribution in [-0.2, 0) is 11.3 Å². The molecule has 1 heterocycles. The molecule has 6 heteroatoms. The highest BCUT2D eigenvalue weighted by Gasteiger charge is 2.18. The molecular weight excluding hydrogens is 269 g/mol. The number of hydrogen-bond donors (Lipinski definition) is 2. The third-order valence-electron chi connectivity index (χ3n) is 3.83. The molecular formula is C15H24BNO4. The third kappa shape index (κ3) is 4.71. The lowest BCUT2D eigenvalue weighted by atomic mass is 9.79. The molecule has 1 aliphatic heterocycles. The van der Waals surface area contributed by atoms with Gasteiger partial charge >= 0.3 is 7.12 Å². The van der Waals surface area contributed by atoms with Crippen LogP contribution < -0.4 is 10.2 Å². The molecule has 1 aromatic carbocycles. The van der Waals surface area contributed by atoms with Gasteiger partial charge in [0, 0.05) is 25.3 Å². The van der Waals surface area contributed by atoms with Crippen molar-refractivity contribution in [3.05, 3.63) is 23.8 Å². The van der Waals surface area contributed by atoms with Crippen molar-refractivity contribution in [3.63, 3.8) is 0 Å². The van der Waals surface area contributed by atoms with Crippen molar-refractivity contribution in [2.24, 2.45) is 0 Å². The van der Waals surface area contributed by atoms with Crippen LogP contribution in [0.3, 0.4) is 0 Å². The van der Waals surface area contributed by atoms with Gasteiger partial charge in [0.25, 0.3) is 0 Å². The van der Waals surface area contributed by atoms with Gasteiger partial charge in [0.15, 0.2) is 0 Å². The molecule has 0 spiro atoms. The highest BCUT2D eigenvalue weighted by atomic mass is 16.5. The first-order valence-corrected chi connectivity index (χ1v) is 7.43. The minimum atomic E-state index is -1.46. The van der Waals surface area contributed by atoms with Crippen LogP contribution in [0.5, 0.6) is 5.75 Å². The van der Waals surface area contributed by atoms with Crippen LogP contribution in [0.2, 0.25) is 0 Å². The van der Waals surface area contributed by atoms with Crippen LogP contribution >= 0.6 is 0 Å².